The smallest absolute Gasteiger partial charge is 0.158 e. The average Bonchev–Trinajstić information content (AvgIpc) is 2.09. The van der Waals surface area contributed by atoms with Gasteiger partial charge in [0, 0.05) is 5.92 Å². The highest BCUT2D eigenvalue weighted by Crippen LogP contribution is 2.38. The van der Waals surface area contributed by atoms with Gasteiger partial charge >= 0.3 is 0 Å². The van der Waals surface area contributed by atoms with E-state index in [1.165, 1.54) is 19.3 Å². The Morgan fingerprint density at radius 3 is 2.71 bits per heavy atom. The lowest BCUT2D eigenvalue weighted by molar-refractivity contribution is -0.122. The van der Waals surface area contributed by atoms with Crippen molar-refractivity contribution in [2.45, 2.75) is 52.9 Å². The largest absolute Gasteiger partial charge is 0.295 e. The summed E-state index contributed by atoms with van der Waals surface area (Å²) >= 11 is 0. The maximum atomic E-state index is 11.7. The van der Waals surface area contributed by atoms with E-state index in [1.807, 2.05) is 6.08 Å². The summed E-state index contributed by atoms with van der Waals surface area (Å²) in [7, 11) is 0. The van der Waals surface area contributed by atoms with Crippen molar-refractivity contribution in [1.29, 1.82) is 0 Å². The molecule has 0 amide bonds. The van der Waals surface area contributed by atoms with E-state index in [0.29, 0.717) is 5.78 Å². The third kappa shape index (κ3) is 2.70. The number of ketones is 1. The normalized spacial score (nSPS) is 25.4. The van der Waals surface area contributed by atoms with Crippen LogP contribution in [0.3, 0.4) is 0 Å². The van der Waals surface area contributed by atoms with Crippen LogP contribution in [0.25, 0.3) is 0 Å². The van der Waals surface area contributed by atoms with E-state index in [9.17, 15) is 4.79 Å². The standard InChI is InChI=1S/C13H22O/c1-4-5-6-8-11-12(14)9-7-10-13(11,2)3/h7,9,11H,4-6,8,10H2,1-3H3. The molecule has 1 rings (SSSR count). The van der Waals surface area contributed by atoms with E-state index in [4.69, 9.17) is 0 Å². The van der Waals surface area contributed by atoms with Crippen LogP contribution in [0.2, 0.25) is 0 Å². The summed E-state index contributed by atoms with van der Waals surface area (Å²) in [6.45, 7) is 6.63. The number of hydrogen-bond acceptors (Lipinski definition) is 1. The zero-order valence-corrected chi connectivity index (χ0v) is 9.68. The van der Waals surface area contributed by atoms with Crippen LogP contribution in [0, 0.1) is 11.3 Å². The fourth-order valence-electron chi connectivity index (χ4n) is 2.25. The van der Waals surface area contributed by atoms with Crippen molar-refractivity contribution in [1.82, 2.24) is 0 Å². The van der Waals surface area contributed by atoms with Crippen LogP contribution in [0.15, 0.2) is 12.2 Å². The first kappa shape index (κ1) is 11.5. The van der Waals surface area contributed by atoms with Gasteiger partial charge in [-0.25, -0.2) is 0 Å². The highest BCUT2D eigenvalue weighted by Gasteiger charge is 2.34. The molecule has 1 heteroatoms. The van der Waals surface area contributed by atoms with Crippen LogP contribution in [0.1, 0.15) is 52.9 Å². The highest BCUT2D eigenvalue weighted by molar-refractivity contribution is 5.93. The first-order valence-corrected chi connectivity index (χ1v) is 5.78. The maximum absolute atomic E-state index is 11.7. The van der Waals surface area contributed by atoms with Crippen molar-refractivity contribution in [2.75, 3.05) is 0 Å². The molecule has 0 radical (unpaired) electrons. The summed E-state index contributed by atoms with van der Waals surface area (Å²) in [6.07, 6.45) is 9.62. The van der Waals surface area contributed by atoms with Crippen molar-refractivity contribution in [3.05, 3.63) is 12.2 Å². The summed E-state index contributed by atoms with van der Waals surface area (Å²) in [5.41, 5.74) is 0.180. The van der Waals surface area contributed by atoms with Crippen molar-refractivity contribution in [2.24, 2.45) is 11.3 Å². The second-order valence-corrected chi connectivity index (χ2v) is 5.05. The van der Waals surface area contributed by atoms with Gasteiger partial charge in [-0.2, -0.15) is 0 Å². The van der Waals surface area contributed by atoms with Gasteiger partial charge in [-0.1, -0.05) is 46.1 Å². The summed E-state index contributed by atoms with van der Waals surface area (Å²) in [5.74, 6) is 0.608. The summed E-state index contributed by atoms with van der Waals surface area (Å²) in [5, 5.41) is 0. The minimum atomic E-state index is 0.180. The molecule has 0 N–H and O–H groups in total. The predicted molar refractivity (Wildman–Crippen MR) is 60.2 cm³/mol. The van der Waals surface area contributed by atoms with Crippen molar-refractivity contribution in [3.63, 3.8) is 0 Å². The molecule has 0 saturated carbocycles. The van der Waals surface area contributed by atoms with Crippen LogP contribution in [0.4, 0.5) is 0 Å². The zero-order valence-electron chi connectivity index (χ0n) is 9.68. The summed E-state index contributed by atoms with van der Waals surface area (Å²) < 4.78 is 0. The number of rotatable bonds is 4. The third-order valence-electron chi connectivity index (χ3n) is 3.31. The lowest BCUT2D eigenvalue weighted by Gasteiger charge is -2.34. The van der Waals surface area contributed by atoms with E-state index in [-0.39, 0.29) is 11.3 Å². The minimum absolute atomic E-state index is 0.180. The Morgan fingerprint density at radius 2 is 2.14 bits per heavy atom. The molecule has 0 aromatic rings. The summed E-state index contributed by atoms with van der Waals surface area (Å²) in [4.78, 5) is 11.7. The molecule has 1 aliphatic rings. The molecule has 0 aliphatic heterocycles. The monoisotopic (exact) mass is 194 g/mol. The average molecular weight is 194 g/mol. The lowest BCUT2D eigenvalue weighted by Crippen LogP contribution is -2.32. The Balaban J connectivity index is 2.54. The van der Waals surface area contributed by atoms with Crippen LogP contribution in [-0.2, 0) is 4.79 Å². The van der Waals surface area contributed by atoms with Gasteiger partial charge in [0.05, 0.1) is 0 Å². The molecular weight excluding hydrogens is 172 g/mol. The lowest BCUT2D eigenvalue weighted by atomic mass is 9.69. The molecule has 1 atom stereocenters. The molecule has 0 spiro atoms. The van der Waals surface area contributed by atoms with E-state index < -0.39 is 0 Å². The van der Waals surface area contributed by atoms with Gasteiger partial charge < -0.3 is 0 Å². The molecule has 0 fully saturated rings. The van der Waals surface area contributed by atoms with E-state index in [1.54, 1.807) is 6.08 Å². The first-order chi connectivity index (χ1) is 6.58. The molecule has 0 heterocycles. The molecule has 1 unspecified atom stereocenters. The number of hydrogen-bond donors (Lipinski definition) is 0. The van der Waals surface area contributed by atoms with Gasteiger partial charge in [-0.05, 0) is 24.3 Å². The Hall–Kier alpha value is -0.590. The predicted octanol–water partition coefficient (Wildman–Crippen LogP) is 3.74. The Labute approximate surface area is 87.6 Å². The van der Waals surface area contributed by atoms with E-state index in [0.717, 1.165) is 12.8 Å². The summed E-state index contributed by atoms with van der Waals surface area (Å²) in [6, 6.07) is 0. The quantitative estimate of drug-likeness (QED) is 0.623. The van der Waals surface area contributed by atoms with Crippen LogP contribution < -0.4 is 0 Å². The van der Waals surface area contributed by atoms with Gasteiger partial charge in [0.1, 0.15) is 0 Å². The number of unbranched alkanes of at least 4 members (excludes halogenated alkanes) is 2. The SMILES string of the molecule is CCCCCC1C(=O)C=CCC1(C)C. The number of carbonyl (C=O) groups excluding carboxylic acids is 1. The fraction of sp³-hybridized carbons (Fsp3) is 0.769. The Bertz CT molecular complexity index is 225. The second kappa shape index (κ2) is 4.77. The topological polar surface area (TPSA) is 17.1 Å². The van der Waals surface area contributed by atoms with Gasteiger partial charge in [0.15, 0.2) is 5.78 Å². The van der Waals surface area contributed by atoms with Gasteiger partial charge in [0.2, 0.25) is 0 Å². The molecule has 0 aromatic heterocycles. The molecule has 0 aromatic carbocycles. The molecule has 1 aliphatic carbocycles. The fourth-order valence-corrected chi connectivity index (χ4v) is 2.25. The van der Waals surface area contributed by atoms with Crippen LogP contribution in [0.5, 0.6) is 0 Å². The van der Waals surface area contributed by atoms with Crippen LogP contribution in [-0.4, -0.2) is 5.78 Å². The van der Waals surface area contributed by atoms with E-state index >= 15 is 0 Å². The number of carbonyl (C=O) groups is 1. The van der Waals surface area contributed by atoms with E-state index in [2.05, 4.69) is 20.8 Å². The molecule has 1 nitrogen and oxygen atoms in total. The second-order valence-electron chi connectivity index (χ2n) is 5.05. The molecule has 14 heavy (non-hydrogen) atoms. The highest BCUT2D eigenvalue weighted by atomic mass is 16.1. The van der Waals surface area contributed by atoms with Crippen molar-refractivity contribution >= 4 is 5.78 Å². The van der Waals surface area contributed by atoms with Gasteiger partial charge in [-0.3, -0.25) is 4.79 Å². The van der Waals surface area contributed by atoms with Crippen LogP contribution >= 0.6 is 0 Å². The molecule has 80 valence electrons. The zero-order chi connectivity index (χ0) is 10.6. The third-order valence-corrected chi connectivity index (χ3v) is 3.31. The minimum Gasteiger partial charge on any atom is -0.295 e. The number of allylic oxidation sites excluding steroid dienone is 2. The molecular formula is C13H22O. The first-order valence-electron chi connectivity index (χ1n) is 5.78. The maximum Gasteiger partial charge on any atom is 0.158 e. The Kier molecular flexibility index (Phi) is 3.91. The van der Waals surface area contributed by atoms with Gasteiger partial charge in [0.25, 0.3) is 0 Å². The Morgan fingerprint density at radius 1 is 1.43 bits per heavy atom. The van der Waals surface area contributed by atoms with Gasteiger partial charge in [-0.15, -0.1) is 0 Å². The van der Waals surface area contributed by atoms with Crippen molar-refractivity contribution < 1.29 is 4.79 Å². The molecule has 0 bridgehead atoms. The van der Waals surface area contributed by atoms with Crippen molar-refractivity contribution in [3.8, 4) is 0 Å². The molecule has 0 saturated heterocycles.